The highest BCUT2D eigenvalue weighted by Gasteiger charge is 2.24. The van der Waals surface area contributed by atoms with Crippen molar-refractivity contribution in [2.24, 2.45) is 5.92 Å². The van der Waals surface area contributed by atoms with Crippen molar-refractivity contribution in [3.8, 4) is 0 Å². The standard InChI is InChI=1S/C23H24N2O4S/c26-21-15-30-20-7-6-18(13-19(20)24-21)23(28)29-14-22(27)25-10-8-17(9-11-25)12-16-4-2-1-3-5-16/h1-7,13,17H,8-12,14-15H2,(H,24,26). The van der Waals surface area contributed by atoms with Crippen LogP contribution < -0.4 is 5.32 Å². The Hall–Kier alpha value is -2.80. The molecule has 2 aromatic carbocycles. The van der Waals surface area contributed by atoms with Crippen LogP contribution in [-0.2, 0) is 20.7 Å². The van der Waals surface area contributed by atoms with Gasteiger partial charge in [0.25, 0.3) is 5.91 Å². The van der Waals surface area contributed by atoms with Crippen LogP contribution in [0.15, 0.2) is 53.4 Å². The summed E-state index contributed by atoms with van der Waals surface area (Å²) in [6, 6.07) is 15.5. The largest absolute Gasteiger partial charge is 0.452 e. The van der Waals surface area contributed by atoms with Crippen LogP contribution >= 0.6 is 11.8 Å². The lowest BCUT2D eigenvalue weighted by Gasteiger charge is -2.32. The number of ether oxygens (including phenoxy) is 1. The molecule has 6 nitrogen and oxygen atoms in total. The highest BCUT2D eigenvalue weighted by atomic mass is 32.2. The molecule has 2 aliphatic heterocycles. The number of esters is 1. The molecule has 7 heteroatoms. The number of rotatable bonds is 5. The van der Waals surface area contributed by atoms with Crippen LogP contribution in [0.2, 0.25) is 0 Å². The molecule has 4 rings (SSSR count). The molecule has 2 aromatic rings. The minimum atomic E-state index is -0.560. The van der Waals surface area contributed by atoms with E-state index in [2.05, 4.69) is 29.6 Å². The molecule has 0 bridgehead atoms. The van der Waals surface area contributed by atoms with Crippen molar-refractivity contribution in [3.05, 3.63) is 59.7 Å². The molecule has 2 amide bonds. The number of benzene rings is 2. The van der Waals surface area contributed by atoms with E-state index in [9.17, 15) is 14.4 Å². The Balaban J connectivity index is 1.24. The average molecular weight is 425 g/mol. The summed E-state index contributed by atoms with van der Waals surface area (Å²) >= 11 is 1.43. The number of carbonyl (C=O) groups is 3. The van der Waals surface area contributed by atoms with Gasteiger partial charge in [-0.1, -0.05) is 30.3 Å². The maximum atomic E-state index is 12.5. The van der Waals surface area contributed by atoms with E-state index in [-0.39, 0.29) is 18.4 Å². The van der Waals surface area contributed by atoms with E-state index < -0.39 is 5.97 Å². The molecule has 2 heterocycles. The Morgan fingerprint density at radius 2 is 1.87 bits per heavy atom. The first-order chi connectivity index (χ1) is 14.6. The fourth-order valence-corrected chi connectivity index (χ4v) is 4.63. The molecule has 2 aliphatic rings. The summed E-state index contributed by atoms with van der Waals surface area (Å²) in [5, 5.41) is 2.75. The normalized spacial score (nSPS) is 16.5. The van der Waals surface area contributed by atoms with Crippen LogP contribution in [0, 0.1) is 5.92 Å². The van der Waals surface area contributed by atoms with Crippen LogP contribution in [0.1, 0.15) is 28.8 Å². The lowest BCUT2D eigenvalue weighted by molar-refractivity contribution is -0.135. The minimum absolute atomic E-state index is 0.0936. The SMILES string of the molecule is O=C1CSc2ccc(C(=O)OCC(=O)N3CCC(Cc4ccccc4)CC3)cc2N1. The van der Waals surface area contributed by atoms with Gasteiger partial charge in [0.15, 0.2) is 6.61 Å². The minimum Gasteiger partial charge on any atom is -0.452 e. The van der Waals surface area contributed by atoms with E-state index in [1.165, 1.54) is 17.3 Å². The Labute approximate surface area is 180 Å². The van der Waals surface area contributed by atoms with Crippen LogP contribution in [0.25, 0.3) is 0 Å². The second-order valence-electron chi connectivity index (χ2n) is 7.64. The van der Waals surface area contributed by atoms with Gasteiger partial charge in [0.1, 0.15) is 0 Å². The summed E-state index contributed by atoms with van der Waals surface area (Å²) in [5.41, 5.74) is 2.26. The number of fused-ring (bicyclic) bond motifs is 1. The molecule has 1 fully saturated rings. The van der Waals surface area contributed by atoms with Crippen molar-refractivity contribution >= 4 is 35.2 Å². The van der Waals surface area contributed by atoms with Crippen molar-refractivity contribution < 1.29 is 19.1 Å². The third-order valence-corrected chi connectivity index (χ3v) is 6.58. The van der Waals surface area contributed by atoms with Crippen molar-refractivity contribution in [1.82, 2.24) is 4.90 Å². The number of piperidine rings is 1. The number of hydrogen-bond acceptors (Lipinski definition) is 5. The molecular weight excluding hydrogens is 400 g/mol. The summed E-state index contributed by atoms with van der Waals surface area (Å²) in [6.45, 7) is 1.12. The maximum Gasteiger partial charge on any atom is 0.338 e. The number of nitrogens with one attached hydrogen (secondary N) is 1. The van der Waals surface area contributed by atoms with Crippen molar-refractivity contribution in [1.29, 1.82) is 0 Å². The maximum absolute atomic E-state index is 12.5. The first kappa shape index (κ1) is 20.5. The smallest absolute Gasteiger partial charge is 0.338 e. The van der Waals surface area contributed by atoms with E-state index in [0.717, 1.165) is 24.2 Å². The van der Waals surface area contributed by atoms with Gasteiger partial charge >= 0.3 is 5.97 Å². The molecule has 30 heavy (non-hydrogen) atoms. The number of amides is 2. The third-order valence-electron chi connectivity index (χ3n) is 5.51. The number of hydrogen-bond donors (Lipinski definition) is 1. The lowest BCUT2D eigenvalue weighted by Crippen LogP contribution is -2.41. The first-order valence-electron chi connectivity index (χ1n) is 10.1. The number of nitrogens with zero attached hydrogens (tertiary/aromatic N) is 1. The van der Waals surface area contributed by atoms with E-state index in [4.69, 9.17) is 4.74 Å². The molecule has 1 saturated heterocycles. The fourth-order valence-electron chi connectivity index (χ4n) is 3.85. The number of carbonyl (C=O) groups excluding carboxylic acids is 3. The second kappa shape index (κ2) is 9.34. The van der Waals surface area contributed by atoms with Crippen LogP contribution in [0.3, 0.4) is 0 Å². The zero-order valence-electron chi connectivity index (χ0n) is 16.6. The van der Waals surface area contributed by atoms with Gasteiger partial charge in [0.2, 0.25) is 5.91 Å². The van der Waals surface area contributed by atoms with Gasteiger partial charge in [-0.25, -0.2) is 4.79 Å². The molecular formula is C23H24N2O4S. The van der Waals surface area contributed by atoms with Crippen LogP contribution in [0.5, 0.6) is 0 Å². The highest BCUT2D eigenvalue weighted by Crippen LogP contribution is 2.32. The van der Waals surface area contributed by atoms with Gasteiger partial charge in [-0.05, 0) is 48.9 Å². The Kier molecular flexibility index (Phi) is 6.38. The molecule has 0 saturated carbocycles. The Morgan fingerprint density at radius 3 is 2.63 bits per heavy atom. The molecule has 0 radical (unpaired) electrons. The van der Waals surface area contributed by atoms with E-state index in [1.807, 2.05) is 6.07 Å². The fraction of sp³-hybridized carbons (Fsp3) is 0.348. The lowest BCUT2D eigenvalue weighted by atomic mass is 9.90. The monoisotopic (exact) mass is 424 g/mol. The quantitative estimate of drug-likeness (QED) is 0.745. The predicted octanol–water partition coefficient (Wildman–Crippen LogP) is 3.37. The predicted molar refractivity (Wildman–Crippen MR) is 116 cm³/mol. The molecule has 0 atom stereocenters. The van der Waals surface area contributed by atoms with Gasteiger partial charge in [0.05, 0.1) is 17.0 Å². The summed E-state index contributed by atoms with van der Waals surface area (Å²) in [6.07, 6.45) is 2.94. The summed E-state index contributed by atoms with van der Waals surface area (Å²) in [5.74, 6) is 0.123. The summed E-state index contributed by atoms with van der Waals surface area (Å²) < 4.78 is 5.23. The van der Waals surface area contributed by atoms with Crippen molar-refractivity contribution in [3.63, 3.8) is 0 Å². The van der Waals surface area contributed by atoms with Gasteiger partial charge in [-0.2, -0.15) is 0 Å². The van der Waals surface area contributed by atoms with Crippen LogP contribution in [0.4, 0.5) is 5.69 Å². The summed E-state index contributed by atoms with van der Waals surface area (Å²) in [4.78, 5) is 39.0. The topological polar surface area (TPSA) is 75.7 Å². The second-order valence-corrected chi connectivity index (χ2v) is 8.65. The molecule has 156 valence electrons. The zero-order chi connectivity index (χ0) is 20.9. The van der Waals surface area contributed by atoms with Gasteiger partial charge in [0, 0.05) is 18.0 Å². The van der Waals surface area contributed by atoms with Gasteiger partial charge in [-0.15, -0.1) is 11.8 Å². The average Bonchev–Trinajstić information content (AvgIpc) is 2.78. The molecule has 1 N–H and O–H groups in total. The molecule has 0 aromatic heterocycles. The molecule has 0 unspecified atom stereocenters. The van der Waals surface area contributed by atoms with Crippen molar-refractivity contribution in [2.75, 3.05) is 30.8 Å². The zero-order valence-corrected chi connectivity index (χ0v) is 17.5. The number of thioether (sulfide) groups is 1. The Morgan fingerprint density at radius 1 is 1.10 bits per heavy atom. The van der Waals surface area contributed by atoms with Crippen molar-refractivity contribution in [2.45, 2.75) is 24.2 Å². The summed E-state index contributed by atoms with van der Waals surface area (Å²) in [7, 11) is 0. The number of likely N-dealkylation sites (tertiary alicyclic amines) is 1. The van der Waals surface area contributed by atoms with E-state index in [1.54, 1.807) is 23.1 Å². The van der Waals surface area contributed by atoms with E-state index >= 15 is 0 Å². The molecule has 0 spiro atoms. The highest BCUT2D eigenvalue weighted by molar-refractivity contribution is 8.00. The Bertz CT molecular complexity index is 939. The van der Waals surface area contributed by atoms with Crippen LogP contribution in [-0.4, -0.2) is 48.1 Å². The number of anilines is 1. The first-order valence-corrected chi connectivity index (χ1v) is 11.1. The van der Waals surface area contributed by atoms with Gasteiger partial charge < -0.3 is 15.0 Å². The third kappa shape index (κ3) is 5.02. The van der Waals surface area contributed by atoms with E-state index in [0.29, 0.717) is 36.0 Å². The van der Waals surface area contributed by atoms with Gasteiger partial charge in [-0.3, -0.25) is 9.59 Å². The molecule has 0 aliphatic carbocycles.